The predicted octanol–water partition coefficient (Wildman–Crippen LogP) is 2.74. The third-order valence-electron chi connectivity index (χ3n) is 4.36. The first-order valence-electron chi connectivity index (χ1n) is 8.01. The van der Waals surface area contributed by atoms with E-state index in [0.29, 0.717) is 23.2 Å². The fourth-order valence-corrected chi connectivity index (χ4v) is 3.10. The monoisotopic (exact) mass is 305 g/mol. The Bertz CT molecular complexity index is 825. The lowest BCUT2D eigenvalue weighted by molar-refractivity contribution is 0.455. The molecule has 5 heteroatoms. The lowest BCUT2D eigenvalue weighted by Crippen LogP contribution is -2.28. The molecule has 4 rings (SSSR count). The Kier molecular flexibility index (Phi) is 3.63. The first kappa shape index (κ1) is 14.1. The van der Waals surface area contributed by atoms with Crippen molar-refractivity contribution in [1.82, 2.24) is 20.3 Å². The van der Waals surface area contributed by atoms with Gasteiger partial charge in [0.25, 0.3) is 0 Å². The van der Waals surface area contributed by atoms with Gasteiger partial charge >= 0.3 is 0 Å². The molecule has 2 aromatic heterocycles. The molecule has 1 fully saturated rings. The summed E-state index contributed by atoms with van der Waals surface area (Å²) in [4.78, 5) is 13.8. The van der Waals surface area contributed by atoms with Crippen molar-refractivity contribution in [1.29, 1.82) is 0 Å². The van der Waals surface area contributed by atoms with Gasteiger partial charge in [-0.15, -0.1) is 0 Å². The van der Waals surface area contributed by atoms with E-state index in [9.17, 15) is 0 Å². The van der Waals surface area contributed by atoms with Crippen LogP contribution in [0.3, 0.4) is 0 Å². The quantitative estimate of drug-likeness (QED) is 0.761. The van der Waals surface area contributed by atoms with Gasteiger partial charge in [-0.2, -0.15) is 0 Å². The van der Waals surface area contributed by atoms with Gasteiger partial charge in [-0.05, 0) is 31.5 Å². The molecule has 0 saturated carbocycles. The maximum atomic E-state index is 6.12. The molecule has 1 aromatic carbocycles. The molecule has 1 aliphatic heterocycles. The van der Waals surface area contributed by atoms with Gasteiger partial charge in [0.05, 0.1) is 5.39 Å². The van der Waals surface area contributed by atoms with Gasteiger partial charge in [0.2, 0.25) is 0 Å². The SMILES string of the molecule is Nc1nc(-c2ccccc2)nc2nc([C@@H]3CCCNC3)ccc12. The van der Waals surface area contributed by atoms with Crippen molar-refractivity contribution in [3.05, 3.63) is 48.2 Å². The van der Waals surface area contributed by atoms with Crippen molar-refractivity contribution in [2.45, 2.75) is 18.8 Å². The second kappa shape index (κ2) is 5.93. The first-order valence-corrected chi connectivity index (χ1v) is 8.01. The van der Waals surface area contributed by atoms with E-state index in [0.717, 1.165) is 36.2 Å². The minimum Gasteiger partial charge on any atom is -0.383 e. The van der Waals surface area contributed by atoms with Crippen LogP contribution in [0, 0.1) is 0 Å². The van der Waals surface area contributed by atoms with Gasteiger partial charge in [-0.25, -0.2) is 15.0 Å². The highest BCUT2D eigenvalue weighted by Gasteiger charge is 2.18. The van der Waals surface area contributed by atoms with E-state index in [1.807, 2.05) is 36.4 Å². The van der Waals surface area contributed by atoms with Crippen molar-refractivity contribution < 1.29 is 0 Å². The maximum absolute atomic E-state index is 6.12. The van der Waals surface area contributed by atoms with Crippen LogP contribution in [0.25, 0.3) is 22.4 Å². The highest BCUT2D eigenvalue weighted by molar-refractivity contribution is 5.87. The summed E-state index contributed by atoms with van der Waals surface area (Å²) in [6, 6.07) is 13.9. The van der Waals surface area contributed by atoms with E-state index in [2.05, 4.69) is 21.4 Å². The number of nitrogens with zero attached hydrogens (tertiary/aromatic N) is 3. The highest BCUT2D eigenvalue weighted by atomic mass is 15.0. The van der Waals surface area contributed by atoms with Crippen LogP contribution >= 0.6 is 0 Å². The molecule has 3 aromatic rings. The van der Waals surface area contributed by atoms with Gasteiger partial charge in [-0.1, -0.05) is 30.3 Å². The number of piperidine rings is 1. The smallest absolute Gasteiger partial charge is 0.165 e. The van der Waals surface area contributed by atoms with Crippen LogP contribution in [0.2, 0.25) is 0 Å². The van der Waals surface area contributed by atoms with Crippen LogP contribution < -0.4 is 11.1 Å². The van der Waals surface area contributed by atoms with E-state index in [-0.39, 0.29) is 0 Å². The molecule has 23 heavy (non-hydrogen) atoms. The number of aromatic nitrogens is 3. The van der Waals surface area contributed by atoms with Crippen LogP contribution in [0.5, 0.6) is 0 Å². The highest BCUT2D eigenvalue weighted by Crippen LogP contribution is 2.26. The number of nitrogens with two attached hydrogens (primary N) is 1. The normalized spacial score (nSPS) is 18.2. The van der Waals surface area contributed by atoms with Gasteiger partial charge in [0, 0.05) is 23.7 Å². The molecule has 0 unspecified atom stereocenters. The molecule has 0 aliphatic carbocycles. The number of nitrogen functional groups attached to an aromatic ring is 1. The second-order valence-corrected chi connectivity index (χ2v) is 5.95. The summed E-state index contributed by atoms with van der Waals surface area (Å²) in [5.74, 6) is 1.56. The average Bonchev–Trinajstić information content (AvgIpc) is 2.63. The molecule has 1 aliphatic rings. The molecule has 3 N–H and O–H groups in total. The molecule has 0 radical (unpaired) electrons. The maximum Gasteiger partial charge on any atom is 0.165 e. The number of nitrogens with one attached hydrogen (secondary N) is 1. The topological polar surface area (TPSA) is 76.7 Å². The van der Waals surface area contributed by atoms with E-state index >= 15 is 0 Å². The van der Waals surface area contributed by atoms with E-state index in [4.69, 9.17) is 10.7 Å². The minimum atomic E-state index is 0.449. The predicted molar refractivity (Wildman–Crippen MR) is 92.0 cm³/mol. The lowest BCUT2D eigenvalue weighted by atomic mass is 9.95. The largest absolute Gasteiger partial charge is 0.383 e. The number of anilines is 1. The minimum absolute atomic E-state index is 0.449. The Morgan fingerprint density at radius 1 is 1.00 bits per heavy atom. The van der Waals surface area contributed by atoms with E-state index in [1.165, 1.54) is 6.42 Å². The number of hydrogen-bond acceptors (Lipinski definition) is 5. The van der Waals surface area contributed by atoms with Gasteiger partial charge in [0.1, 0.15) is 5.82 Å². The second-order valence-electron chi connectivity index (χ2n) is 5.95. The fourth-order valence-electron chi connectivity index (χ4n) is 3.10. The third-order valence-corrected chi connectivity index (χ3v) is 4.36. The first-order chi connectivity index (χ1) is 11.3. The Hall–Kier alpha value is -2.53. The van der Waals surface area contributed by atoms with E-state index in [1.54, 1.807) is 0 Å². The average molecular weight is 305 g/mol. The molecule has 1 saturated heterocycles. The summed E-state index contributed by atoms with van der Waals surface area (Å²) < 4.78 is 0. The Morgan fingerprint density at radius 3 is 2.65 bits per heavy atom. The zero-order valence-corrected chi connectivity index (χ0v) is 12.9. The summed E-state index contributed by atoms with van der Waals surface area (Å²) in [5.41, 5.74) is 8.84. The molecule has 1 atom stereocenters. The van der Waals surface area contributed by atoms with Crippen LogP contribution in [-0.2, 0) is 0 Å². The van der Waals surface area contributed by atoms with Crippen molar-refractivity contribution in [2.75, 3.05) is 18.8 Å². The lowest BCUT2D eigenvalue weighted by Gasteiger charge is -2.22. The Balaban J connectivity index is 1.80. The van der Waals surface area contributed by atoms with Crippen molar-refractivity contribution in [3.63, 3.8) is 0 Å². The van der Waals surface area contributed by atoms with Crippen LogP contribution in [0.4, 0.5) is 5.82 Å². The molecule has 116 valence electrons. The molecule has 3 heterocycles. The molecule has 5 nitrogen and oxygen atoms in total. The van der Waals surface area contributed by atoms with Crippen LogP contribution in [-0.4, -0.2) is 28.0 Å². The Labute approximate surface area is 135 Å². The number of rotatable bonds is 2. The van der Waals surface area contributed by atoms with Crippen LogP contribution in [0.1, 0.15) is 24.5 Å². The van der Waals surface area contributed by atoms with Crippen molar-refractivity contribution >= 4 is 16.9 Å². The molecule has 0 amide bonds. The Morgan fingerprint density at radius 2 is 1.87 bits per heavy atom. The van der Waals surface area contributed by atoms with E-state index < -0.39 is 0 Å². The molecule has 0 spiro atoms. The summed E-state index contributed by atoms with van der Waals surface area (Å²) in [5, 5.41) is 4.25. The summed E-state index contributed by atoms with van der Waals surface area (Å²) >= 11 is 0. The zero-order valence-electron chi connectivity index (χ0n) is 12.9. The standard InChI is InChI=1S/C18H19N5/c19-16-14-8-9-15(13-7-4-10-20-11-13)21-18(14)23-17(22-16)12-5-2-1-3-6-12/h1-3,5-6,8-9,13,20H,4,7,10-11H2,(H2,19,21,22,23)/t13-/m1/s1. The number of hydrogen-bond donors (Lipinski definition) is 2. The summed E-state index contributed by atoms with van der Waals surface area (Å²) in [6.45, 7) is 2.07. The molecule has 0 bridgehead atoms. The van der Waals surface area contributed by atoms with Gasteiger partial charge in [-0.3, -0.25) is 0 Å². The fraction of sp³-hybridized carbons (Fsp3) is 0.278. The van der Waals surface area contributed by atoms with Gasteiger partial charge in [0.15, 0.2) is 11.5 Å². The van der Waals surface area contributed by atoms with Crippen LogP contribution in [0.15, 0.2) is 42.5 Å². The molecular weight excluding hydrogens is 286 g/mol. The number of pyridine rings is 1. The number of fused-ring (bicyclic) bond motifs is 1. The zero-order chi connectivity index (χ0) is 15.6. The third kappa shape index (κ3) is 2.75. The van der Waals surface area contributed by atoms with Gasteiger partial charge < -0.3 is 11.1 Å². The molecular formula is C18H19N5. The number of benzene rings is 1. The van der Waals surface area contributed by atoms with Crippen molar-refractivity contribution in [3.8, 4) is 11.4 Å². The van der Waals surface area contributed by atoms with Crippen molar-refractivity contribution in [2.24, 2.45) is 0 Å². The summed E-state index contributed by atoms with van der Waals surface area (Å²) in [6.07, 6.45) is 2.35. The summed E-state index contributed by atoms with van der Waals surface area (Å²) in [7, 11) is 0.